The van der Waals surface area contributed by atoms with E-state index in [2.05, 4.69) is 256 Å². The third-order valence-corrected chi connectivity index (χ3v) is 13.6. The molecule has 0 nitrogen and oxygen atoms in total. The average molecular weight is 689 g/mol. The van der Waals surface area contributed by atoms with Gasteiger partial charge in [0.15, 0.2) is 0 Å². The van der Waals surface area contributed by atoms with Gasteiger partial charge in [0.05, 0.1) is 5.82 Å². The van der Waals surface area contributed by atoms with Crippen molar-refractivity contribution in [3.63, 3.8) is 0 Å². The molecule has 0 atom stereocenters. The van der Waals surface area contributed by atoms with Crippen molar-refractivity contribution >= 4 is 51.2 Å². The van der Waals surface area contributed by atoms with Crippen LogP contribution in [-0.4, -0.2) is 6.15 Å². The molecule has 2 heteroatoms. The molecule has 52 heavy (non-hydrogen) atoms. The first-order valence-electron chi connectivity index (χ1n) is 18.1. The van der Waals surface area contributed by atoms with Crippen molar-refractivity contribution in [3.8, 4) is 0 Å². The lowest BCUT2D eigenvalue weighted by Gasteiger charge is -2.44. The van der Waals surface area contributed by atoms with Gasteiger partial charge in [0.2, 0.25) is 0 Å². The summed E-state index contributed by atoms with van der Waals surface area (Å²) in [7, 11) is -1.87. The highest BCUT2D eigenvalue weighted by Gasteiger charge is 2.42. The lowest BCUT2D eigenvalue weighted by molar-refractivity contribution is 1.39. The van der Waals surface area contributed by atoms with Crippen LogP contribution in [0.25, 0.3) is 0 Å². The first-order valence-corrected chi connectivity index (χ1v) is 19.9. The molecular weight excluding hydrogens is 642 g/mol. The standard InChI is InChI=1S/C26H26P.C24H20B/c1-23(2)15-7-6-14-22-27(24-16-8-3-9-17-24,25-18-10-4-11-19-25)26-20-12-5-13-21-26;1-5-13-21(14-6-1)25(22-15-7-2-8-16-22,23-17-9-3-10-18-23)24-19-11-4-12-20-24/h3-22H,1-2H3;1-20H/q+1;-1/b7-6+,22-14+;. The van der Waals surface area contributed by atoms with Crippen LogP contribution in [0.4, 0.5) is 0 Å². The van der Waals surface area contributed by atoms with E-state index >= 15 is 0 Å². The van der Waals surface area contributed by atoms with E-state index in [0.717, 1.165) is 0 Å². The zero-order valence-corrected chi connectivity index (χ0v) is 31.0. The quantitative estimate of drug-likeness (QED) is 0.0765. The molecule has 7 rings (SSSR count). The van der Waals surface area contributed by atoms with Crippen molar-refractivity contribution in [1.29, 1.82) is 0 Å². The molecule has 0 unspecified atom stereocenters. The molecule has 0 saturated heterocycles. The zero-order chi connectivity index (χ0) is 35.9. The highest BCUT2D eigenvalue weighted by Crippen LogP contribution is 2.56. The predicted octanol–water partition coefficient (Wildman–Crippen LogP) is 9.08. The van der Waals surface area contributed by atoms with Crippen LogP contribution in [0.3, 0.4) is 0 Å². The van der Waals surface area contributed by atoms with E-state index in [1.54, 1.807) is 0 Å². The Bertz CT molecular complexity index is 1900. The third-order valence-electron chi connectivity index (χ3n) is 9.65. The molecule has 0 amide bonds. The molecule has 0 aliphatic rings. The van der Waals surface area contributed by atoms with Gasteiger partial charge in [0, 0.05) is 0 Å². The summed E-state index contributed by atoms with van der Waals surface area (Å²) in [5.74, 6) is 2.42. The van der Waals surface area contributed by atoms with E-state index in [1.807, 2.05) is 0 Å². The summed E-state index contributed by atoms with van der Waals surface area (Å²) in [6.45, 7) is 4.23. The van der Waals surface area contributed by atoms with Gasteiger partial charge in [-0.2, -0.15) is 21.9 Å². The largest absolute Gasteiger partial charge is 0.195 e. The Kier molecular flexibility index (Phi) is 12.5. The minimum Gasteiger partial charge on any atom is -0.195 e. The van der Waals surface area contributed by atoms with E-state index in [4.69, 9.17) is 0 Å². The van der Waals surface area contributed by atoms with Crippen LogP contribution in [-0.2, 0) is 0 Å². The minimum atomic E-state index is -1.87. The molecule has 0 saturated carbocycles. The van der Waals surface area contributed by atoms with Gasteiger partial charge in [-0.25, -0.2) is 0 Å². The normalized spacial score (nSPS) is 11.5. The fourth-order valence-corrected chi connectivity index (χ4v) is 11.0. The first kappa shape index (κ1) is 36.1. The van der Waals surface area contributed by atoms with Crippen LogP contribution >= 0.6 is 7.26 Å². The molecule has 0 aliphatic heterocycles. The lowest BCUT2D eigenvalue weighted by Crippen LogP contribution is -2.74. The maximum absolute atomic E-state index is 2.42. The number of allylic oxidation sites excluding steroid dienone is 5. The molecular formula is C50H46BP. The van der Waals surface area contributed by atoms with Gasteiger partial charge >= 0.3 is 0 Å². The number of hydrogen-bond donors (Lipinski definition) is 0. The van der Waals surface area contributed by atoms with Gasteiger partial charge < -0.3 is 0 Å². The molecule has 0 heterocycles. The Morgan fingerprint density at radius 2 is 0.615 bits per heavy atom. The van der Waals surface area contributed by atoms with Crippen LogP contribution < -0.4 is 37.8 Å². The van der Waals surface area contributed by atoms with Crippen molar-refractivity contribution in [2.24, 2.45) is 0 Å². The highest BCUT2D eigenvalue weighted by atomic mass is 31.2. The summed E-state index contributed by atoms with van der Waals surface area (Å²) in [4.78, 5) is 0. The Labute approximate surface area is 311 Å². The lowest BCUT2D eigenvalue weighted by atomic mass is 9.13. The number of rotatable bonds is 10. The maximum Gasteiger partial charge on any atom is 0.136 e. The van der Waals surface area contributed by atoms with E-state index in [1.165, 1.54) is 43.3 Å². The Balaban J connectivity index is 0.000000179. The Morgan fingerprint density at radius 3 is 0.885 bits per heavy atom. The number of hydrogen-bond acceptors (Lipinski definition) is 0. The second kappa shape index (κ2) is 18.0. The summed E-state index contributed by atoms with van der Waals surface area (Å²) in [5.41, 5.74) is 6.66. The van der Waals surface area contributed by atoms with Gasteiger partial charge in [-0.15, -0.1) is 0 Å². The predicted molar refractivity (Wildman–Crippen MR) is 233 cm³/mol. The summed E-state index contributed by atoms with van der Waals surface area (Å²) >= 11 is 0. The summed E-state index contributed by atoms with van der Waals surface area (Å²) < 4.78 is 0. The number of benzene rings is 7. The van der Waals surface area contributed by atoms with E-state index < -0.39 is 13.4 Å². The topological polar surface area (TPSA) is 0 Å². The Morgan fingerprint density at radius 1 is 0.346 bits per heavy atom. The van der Waals surface area contributed by atoms with Crippen molar-refractivity contribution in [2.75, 3.05) is 0 Å². The monoisotopic (exact) mass is 688 g/mol. The van der Waals surface area contributed by atoms with Gasteiger partial charge in [0.1, 0.15) is 29.3 Å². The third kappa shape index (κ3) is 8.08. The molecule has 254 valence electrons. The van der Waals surface area contributed by atoms with Crippen LogP contribution in [0.2, 0.25) is 0 Å². The second-order valence-electron chi connectivity index (χ2n) is 13.2. The van der Waals surface area contributed by atoms with Gasteiger partial charge in [-0.1, -0.05) is 200 Å². The first-order chi connectivity index (χ1) is 25.7. The van der Waals surface area contributed by atoms with Crippen molar-refractivity contribution in [2.45, 2.75) is 13.8 Å². The smallest absolute Gasteiger partial charge is 0.136 e. The maximum atomic E-state index is 2.42. The molecule has 7 aromatic rings. The average Bonchev–Trinajstić information content (AvgIpc) is 3.22. The summed E-state index contributed by atoms with van der Waals surface area (Å²) in [6.07, 6.45) is 7.38. The van der Waals surface area contributed by atoms with E-state index in [-0.39, 0.29) is 0 Å². The van der Waals surface area contributed by atoms with Crippen LogP contribution in [0.1, 0.15) is 13.8 Å². The van der Waals surface area contributed by atoms with E-state index in [0.29, 0.717) is 0 Å². The van der Waals surface area contributed by atoms with Crippen LogP contribution in [0.15, 0.2) is 248 Å². The Hall–Kier alpha value is -5.75. The van der Waals surface area contributed by atoms with Crippen molar-refractivity contribution in [1.82, 2.24) is 0 Å². The zero-order valence-electron chi connectivity index (χ0n) is 30.1. The fraction of sp³-hybridized carbons (Fsp3) is 0.0400. The van der Waals surface area contributed by atoms with Gasteiger partial charge in [-0.3, -0.25) is 0 Å². The highest BCUT2D eigenvalue weighted by molar-refractivity contribution is 7.98. The molecule has 7 aromatic carbocycles. The molecule has 0 aliphatic carbocycles. The van der Waals surface area contributed by atoms with Crippen molar-refractivity contribution in [3.05, 3.63) is 248 Å². The molecule has 0 spiro atoms. The summed E-state index contributed by atoms with van der Waals surface area (Å²) in [6, 6.07) is 76.2. The molecule has 0 radical (unpaired) electrons. The second-order valence-corrected chi connectivity index (χ2v) is 16.5. The van der Waals surface area contributed by atoms with Crippen LogP contribution in [0.5, 0.6) is 0 Å². The van der Waals surface area contributed by atoms with Crippen molar-refractivity contribution < 1.29 is 0 Å². The molecule has 0 bridgehead atoms. The van der Waals surface area contributed by atoms with Gasteiger partial charge in [-0.05, 0) is 56.3 Å². The van der Waals surface area contributed by atoms with Gasteiger partial charge in [0.25, 0.3) is 0 Å². The molecule has 0 fully saturated rings. The SMILES string of the molecule is CC(C)=C/C=C/C=C/[P+](c1ccccc1)(c1ccccc1)c1ccccc1.c1ccc([B-](c2ccccc2)(c2ccccc2)c2ccccc2)cc1. The van der Waals surface area contributed by atoms with E-state index in [9.17, 15) is 0 Å². The molecule has 0 aromatic heterocycles. The molecule has 0 N–H and O–H groups in total. The van der Waals surface area contributed by atoms with Crippen LogP contribution in [0, 0.1) is 0 Å². The minimum absolute atomic E-state index is 1.22. The summed E-state index contributed by atoms with van der Waals surface area (Å²) in [5, 5.41) is 4.11. The fourth-order valence-electron chi connectivity index (χ4n) is 7.31.